The highest BCUT2D eigenvalue weighted by Gasteiger charge is 2.23. The van der Waals surface area contributed by atoms with E-state index in [2.05, 4.69) is 20.7 Å². The summed E-state index contributed by atoms with van der Waals surface area (Å²) >= 11 is 0. The molecule has 1 aliphatic rings. The largest absolute Gasteiger partial charge is 0.356 e. The molecular formula is C11H17N5O2. The maximum Gasteiger partial charge on any atom is 0.224 e. The Morgan fingerprint density at radius 2 is 2.50 bits per heavy atom. The zero-order valence-electron chi connectivity index (χ0n) is 10.1. The van der Waals surface area contributed by atoms with Gasteiger partial charge in [0, 0.05) is 26.1 Å². The molecule has 0 radical (unpaired) electrons. The molecule has 98 valence electrons. The van der Waals surface area contributed by atoms with Gasteiger partial charge in [0.25, 0.3) is 0 Å². The van der Waals surface area contributed by atoms with Crippen LogP contribution in [-0.4, -0.2) is 39.7 Å². The molecule has 0 aliphatic carbocycles. The number of hydrogen-bond acceptors (Lipinski definition) is 4. The zero-order valence-corrected chi connectivity index (χ0v) is 10.1. The Morgan fingerprint density at radius 1 is 1.61 bits per heavy atom. The Bertz CT molecular complexity index is 394. The van der Waals surface area contributed by atoms with Crippen molar-refractivity contribution in [1.82, 2.24) is 25.4 Å². The Hall–Kier alpha value is -1.92. The number of aryl methyl sites for hydroxylation is 1. The molecule has 1 aromatic heterocycles. The van der Waals surface area contributed by atoms with Gasteiger partial charge in [-0.15, -0.1) is 0 Å². The first-order chi connectivity index (χ1) is 8.75. The van der Waals surface area contributed by atoms with Crippen molar-refractivity contribution in [3.63, 3.8) is 0 Å². The lowest BCUT2D eigenvalue weighted by Gasteiger charge is -2.21. The molecule has 18 heavy (non-hydrogen) atoms. The van der Waals surface area contributed by atoms with Crippen LogP contribution in [0.15, 0.2) is 12.7 Å². The van der Waals surface area contributed by atoms with Crippen molar-refractivity contribution in [1.29, 1.82) is 0 Å². The van der Waals surface area contributed by atoms with Gasteiger partial charge < -0.3 is 10.6 Å². The second-order valence-corrected chi connectivity index (χ2v) is 4.34. The van der Waals surface area contributed by atoms with Crippen molar-refractivity contribution in [3.05, 3.63) is 12.7 Å². The maximum atomic E-state index is 11.8. The van der Waals surface area contributed by atoms with E-state index in [-0.39, 0.29) is 17.7 Å². The van der Waals surface area contributed by atoms with Gasteiger partial charge in [-0.25, -0.2) is 4.98 Å². The van der Waals surface area contributed by atoms with Gasteiger partial charge >= 0.3 is 0 Å². The summed E-state index contributed by atoms with van der Waals surface area (Å²) < 4.78 is 1.73. The molecule has 1 saturated heterocycles. The molecule has 1 fully saturated rings. The lowest BCUT2D eigenvalue weighted by atomic mass is 9.98. The van der Waals surface area contributed by atoms with Gasteiger partial charge in [0.2, 0.25) is 11.8 Å². The zero-order chi connectivity index (χ0) is 12.8. The number of amides is 2. The van der Waals surface area contributed by atoms with Crippen LogP contribution in [0, 0.1) is 5.92 Å². The number of hydrogen-bond donors (Lipinski definition) is 2. The van der Waals surface area contributed by atoms with Crippen molar-refractivity contribution in [3.8, 4) is 0 Å². The number of nitrogens with one attached hydrogen (secondary N) is 2. The monoisotopic (exact) mass is 251 g/mol. The molecule has 2 heterocycles. The molecule has 0 aromatic carbocycles. The minimum absolute atomic E-state index is 0.0218. The number of piperidine rings is 1. The van der Waals surface area contributed by atoms with Gasteiger partial charge in [0.05, 0.1) is 5.92 Å². The normalized spacial score (nSPS) is 19.3. The van der Waals surface area contributed by atoms with Crippen molar-refractivity contribution in [2.24, 2.45) is 5.92 Å². The van der Waals surface area contributed by atoms with E-state index < -0.39 is 0 Å². The van der Waals surface area contributed by atoms with E-state index in [0.717, 1.165) is 13.0 Å². The molecule has 7 heteroatoms. The highest BCUT2D eigenvalue weighted by atomic mass is 16.2. The average molecular weight is 251 g/mol. The SMILES string of the molecule is O=C1CCC(C(=O)NCCCn2cncn2)CN1. The van der Waals surface area contributed by atoms with Gasteiger partial charge in [-0.3, -0.25) is 14.3 Å². The van der Waals surface area contributed by atoms with Crippen molar-refractivity contribution in [2.45, 2.75) is 25.8 Å². The summed E-state index contributed by atoms with van der Waals surface area (Å²) in [5.74, 6) is -0.0344. The average Bonchev–Trinajstić information content (AvgIpc) is 2.88. The first-order valence-corrected chi connectivity index (χ1v) is 6.12. The number of carbonyl (C=O) groups is 2. The van der Waals surface area contributed by atoms with Crippen LogP contribution in [0.2, 0.25) is 0 Å². The molecule has 2 N–H and O–H groups in total. The Balaban J connectivity index is 1.61. The van der Waals surface area contributed by atoms with Crippen molar-refractivity contribution >= 4 is 11.8 Å². The van der Waals surface area contributed by atoms with Crippen LogP contribution in [0.3, 0.4) is 0 Å². The highest BCUT2D eigenvalue weighted by Crippen LogP contribution is 2.10. The Kier molecular flexibility index (Phi) is 4.27. The van der Waals surface area contributed by atoms with E-state index >= 15 is 0 Å². The van der Waals surface area contributed by atoms with E-state index in [1.807, 2.05) is 0 Å². The Morgan fingerprint density at radius 3 is 3.17 bits per heavy atom. The summed E-state index contributed by atoms with van der Waals surface area (Å²) in [6, 6.07) is 0. The van der Waals surface area contributed by atoms with E-state index in [1.165, 1.54) is 6.33 Å². The minimum atomic E-state index is -0.0888. The lowest BCUT2D eigenvalue weighted by molar-refractivity contribution is -0.128. The fourth-order valence-electron chi connectivity index (χ4n) is 1.90. The van der Waals surface area contributed by atoms with Gasteiger partial charge in [-0.2, -0.15) is 5.10 Å². The summed E-state index contributed by atoms with van der Waals surface area (Å²) in [7, 11) is 0. The summed E-state index contributed by atoms with van der Waals surface area (Å²) in [4.78, 5) is 26.6. The highest BCUT2D eigenvalue weighted by molar-refractivity contribution is 5.83. The predicted octanol–water partition coefficient (Wildman–Crippen LogP) is -0.689. The Labute approximate surface area is 105 Å². The van der Waals surface area contributed by atoms with Crippen LogP contribution >= 0.6 is 0 Å². The van der Waals surface area contributed by atoms with E-state index in [9.17, 15) is 9.59 Å². The van der Waals surface area contributed by atoms with Crippen LogP contribution in [0.4, 0.5) is 0 Å². The van der Waals surface area contributed by atoms with Crippen LogP contribution in [-0.2, 0) is 16.1 Å². The minimum Gasteiger partial charge on any atom is -0.356 e. The van der Waals surface area contributed by atoms with E-state index in [0.29, 0.717) is 25.9 Å². The molecule has 1 atom stereocenters. The molecule has 7 nitrogen and oxygen atoms in total. The number of nitrogens with zero attached hydrogens (tertiary/aromatic N) is 3. The van der Waals surface area contributed by atoms with E-state index in [1.54, 1.807) is 11.0 Å². The molecule has 0 saturated carbocycles. The maximum absolute atomic E-state index is 11.8. The summed E-state index contributed by atoms with van der Waals surface area (Å²) in [5.41, 5.74) is 0. The van der Waals surface area contributed by atoms with Gasteiger partial charge in [-0.05, 0) is 12.8 Å². The smallest absolute Gasteiger partial charge is 0.224 e. The molecule has 2 amide bonds. The third-order valence-electron chi connectivity index (χ3n) is 2.97. The van der Waals surface area contributed by atoms with E-state index in [4.69, 9.17) is 0 Å². The summed E-state index contributed by atoms with van der Waals surface area (Å²) in [6.45, 7) is 1.80. The van der Waals surface area contributed by atoms with Gasteiger partial charge in [0.15, 0.2) is 0 Å². The molecule has 0 bridgehead atoms. The van der Waals surface area contributed by atoms with Crippen molar-refractivity contribution < 1.29 is 9.59 Å². The topological polar surface area (TPSA) is 88.9 Å². The van der Waals surface area contributed by atoms with Crippen molar-refractivity contribution in [2.75, 3.05) is 13.1 Å². The molecule has 1 unspecified atom stereocenters. The van der Waals surface area contributed by atoms with Crippen LogP contribution < -0.4 is 10.6 Å². The fourth-order valence-corrected chi connectivity index (χ4v) is 1.90. The van der Waals surface area contributed by atoms with Crippen LogP contribution in [0.5, 0.6) is 0 Å². The molecule has 1 aromatic rings. The second kappa shape index (κ2) is 6.13. The lowest BCUT2D eigenvalue weighted by Crippen LogP contribution is -2.43. The molecule has 2 rings (SSSR count). The second-order valence-electron chi connectivity index (χ2n) is 4.34. The first-order valence-electron chi connectivity index (χ1n) is 6.12. The van der Waals surface area contributed by atoms with Gasteiger partial charge in [-0.1, -0.05) is 0 Å². The standard InChI is InChI=1S/C11H17N5O2/c17-10-3-2-9(6-14-10)11(18)13-4-1-5-16-8-12-7-15-16/h7-9H,1-6H2,(H,13,18)(H,14,17). The quantitative estimate of drug-likeness (QED) is 0.678. The number of rotatable bonds is 5. The fraction of sp³-hybridized carbons (Fsp3) is 0.636. The third kappa shape index (κ3) is 3.54. The molecule has 1 aliphatic heterocycles. The van der Waals surface area contributed by atoms with Crippen LogP contribution in [0.1, 0.15) is 19.3 Å². The number of carbonyl (C=O) groups excluding carboxylic acids is 2. The summed E-state index contributed by atoms with van der Waals surface area (Å²) in [5, 5.41) is 9.56. The van der Waals surface area contributed by atoms with Gasteiger partial charge in [0.1, 0.15) is 12.7 Å². The number of aromatic nitrogens is 3. The third-order valence-corrected chi connectivity index (χ3v) is 2.97. The van der Waals surface area contributed by atoms with Crippen LogP contribution in [0.25, 0.3) is 0 Å². The summed E-state index contributed by atoms with van der Waals surface area (Å²) in [6.07, 6.45) is 5.04. The predicted molar refractivity (Wildman–Crippen MR) is 63.4 cm³/mol. The molecule has 0 spiro atoms. The first kappa shape index (κ1) is 12.5. The molecular weight excluding hydrogens is 234 g/mol.